The number of nitrogens with zero attached hydrogens (tertiary/aromatic N) is 1. The topological polar surface area (TPSA) is 85.1 Å². The lowest BCUT2D eigenvalue weighted by molar-refractivity contribution is 0.556. The molecule has 0 aliphatic rings. The fraction of sp³-hybridized carbons (Fsp3) is 0.154. The van der Waals surface area contributed by atoms with E-state index in [2.05, 4.69) is 9.71 Å². The first-order valence-corrected chi connectivity index (χ1v) is 7.82. The van der Waals surface area contributed by atoms with Crippen LogP contribution in [0.1, 0.15) is 11.3 Å². The Labute approximate surface area is 127 Å². The zero-order chi connectivity index (χ0) is 15.6. The fourth-order valence-corrected chi connectivity index (χ4v) is 3.13. The molecule has 112 valence electrons. The Morgan fingerprint density at radius 2 is 2.14 bits per heavy atom. The molecule has 8 heteroatoms. The normalized spacial score (nSPS) is 11.6. The van der Waals surface area contributed by atoms with Gasteiger partial charge in [0.05, 0.1) is 17.3 Å². The molecule has 3 N–H and O–H groups in total. The molecule has 2 aromatic rings. The molecule has 0 aliphatic heterocycles. The van der Waals surface area contributed by atoms with Crippen LogP contribution in [0.5, 0.6) is 0 Å². The lowest BCUT2D eigenvalue weighted by Gasteiger charge is -2.10. The average Bonchev–Trinajstić information content (AvgIpc) is 2.42. The van der Waals surface area contributed by atoms with Crippen molar-refractivity contribution < 1.29 is 12.8 Å². The molecule has 2 rings (SSSR count). The number of aryl methyl sites for hydroxylation is 1. The first-order chi connectivity index (χ1) is 9.81. The van der Waals surface area contributed by atoms with E-state index in [1.165, 1.54) is 0 Å². The summed E-state index contributed by atoms with van der Waals surface area (Å²) in [4.78, 5) is 3.48. The van der Waals surface area contributed by atoms with Crippen molar-refractivity contribution in [1.82, 2.24) is 9.71 Å². The standard InChI is InChI=1S/C13H13ClFN3O2S/c1-8-3-2-4-17-11(8)7-18-21(19,20)12-6-9(16)5-10(14)13(12)15/h2-6,18H,7,16H2,1H3. The Morgan fingerprint density at radius 3 is 2.81 bits per heavy atom. The Hall–Kier alpha value is -1.70. The number of halogens is 2. The molecule has 0 amide bonds. The minimum absolute atomic E-state index is 0.0547. The molecule has 0 atom stereocenters. The van der Waals surface area contributed by atoms with Gasteiger partial charge in [-0.25, -0.2) is 17.5 Å². The third-order valence-corrected chi connectivity index (χ3v) is 4.53. The molecule has 0 unspecified atom stereocenters. The first kappa shape index (κ1) is 15.7. The Bertz CT molecular complexity index is 781. The van der Waals surface area contributed by atoms with Gasteiger partial charge in [-0.3, -0.25) is 4.98 Å². The zero-order valence-corrected chi connectivity index (χ0v) is 12.7. The summed E-state index contributed by atoms with van der Waals surface area (Å²) in [5.41, 5.74) is 6.94. The second-order valence-corrected chi connectivity index (χ2v) is 6.55. The highest BCUT2D eigenvalue weighted by atomic mass is 35.5. The van der Waals surface area contributed by atoms with E-state index in [0.29, 0.717) is 5.69 Å². The minimum atomic E-state index is -4.08. The van der Waals surface area contributed by atoms with E-state index in [1.54, 1.807) is 25.3 Å². The number of hydrogen-bond acceptors (Lipinski definition) is 4. The number of rotatable bonds is 4. The van der Waals surface area contributed by atoms with Gasteiger partial charge in [-0.05, 0) is 30.7 Å². The van der Waals surface area contributed by atoms with Crippen molar-refractivity contribution in [2.75, 3.05) is 5.73 Å². The fourth-order valence-electron chi connectivity index (χ4n) is 1.72. The van der Waals surface area contributed by atoms with Crippen molar-refractivity contribution in [3.05, 3.63) is 52.6 Å². The number of aromatic nitrogens is 1. The van der Waals surface area contributed by atoms with Crippen LogP contribution in [0.3, 0.4) is 0 Å². The van der Waals surface area contributed by atoms with E-state index in [0.717, 1.165) is 17.7 Å². The molecule has 1 aromatic heterocycles. The number of nitrogens with two attached hydrogens (primary N) is 1. The van der Waals surface area contributed by atoms with Crippen LogP contribution in [-0.2, 0) is 16.6 Å². The van der Waals surface area contributed by atoms with E-state index in [-0.39, 0.29) is 17.3 Å². The van der Waals surface area contributed by atoms with Crippen LogP contribution in [0, 0.1) is 12.7 Å². The smallest absolute Gasteiger partial charge is 0.243 e. The van der Waals surface area contributed by atoms with Gasteiger partial charge in [0, 0.05) is 11.9 Å². The Morgan fingerprint density at radius 1 is 1.43 bits per heavy atom. The maximum absolute atomic E-state index is 13.9. The molecule has 1 aromatic carbocycles. The summed E-state index contributed by atoms with van der Waals surface area (Å²) in [5, 5.41) is -0.343. The van der Waals surface area contributed by atoms with Crippen LogP contribution in [-0.4, -0.2) is 13.4 Å². The van der Waals surface area contributed by atoms with Gasteiger partial charge in [0.25, 0.3) is 0 Å². The summed E-state index contributed by atoms with van der Waals surface area (Å²) >= 11 is 5.61. The molecular weight excluding hydrogens is 317 g/mol. The third kappa shape index (κ3) is 3.49. The summed E-state index contributed by atoms with van der Waals surface area (Å²) in [5.74, 6) is -1.03. The summed E-state index contributed by atoms with van der Waals surface area (Å²) in [6.07, 6.45) is 1.55. The largest absolute Gasteiger partial charge is 0.399 e. The van der Waals surface area contributed by atoms with Crippen LogP contribution in [0.4, 0.5) is 10.1 Å². The predicted molar refractivity (Wildman–Crippen MR) is 78.8 cm³/mol. The van der Waals surface area contributed by atoms with Crippen molar-refractivity contribution in [1.29, 1.82) is 0 Å². The number of anilines is 1. The monoisotopic (exact) mass is 329 g/mol. The third-order valence-electron chi connectivity index (χ3n) is 2.85. The first-order valence-electron chi connectivity index (χ1n) is 5.96. The van der Waals surface area contributed by atoms with E-state index in [9.17, 15) is 12.8 Å². The summed E-state index contributed by atoms with van der Waals surface area (Å²) in [6, 6.07) is 5.72. The van der Waals surface area contributed by atoms with Crippen molar-refractivity contribution in [2.45, 2.75) is 18.4 Å². The SMILES string of the molecule is Cc1cccnc1CNS(=O)(=O)c1cc(N)cc(Cl)c1F. The number of pyridine rings is 1. The van der Waals surface area contributed by atoms with Gasteiger partial charge in [-0.1, -0.05) is 17.7 Å². The number of sulfonamides is 1. The van der Waals surface area contributed by atoms with Gasteiger partial charge in [-0.15, -0.1) is 0 Å². The van der Waals surface area contributed by atoms with Gasteiger partial charge in [0.2, 0.25) is 10.0 Å². The van der Waals surface area contributed by atoms with Crippen LogP contribution >= 0.6 is 11.6 Å². The quantitative estimate of drug-likeness (QED) is 0.842. The van der Waals surface area contributed by atoms with Crippen LogP contribution in [0.2, 0.25) is 5.02 Å². The second kappa shape index (κ2) is 5.97. The van der Waals surface area contributed by atoms with E-state index >= 15 is 0 Å². The summed E-state index contributed by atoms with van der Waals surface area (Å²) < 4.78 is 40.4. The molecule has 0 aliphatic carbocycles. The zero-order valence-electron chi connectivity index (χ0n) is 11.1. The van der Waals surface area contributed by atoms with Gasteiger partial charge in [0.1, 0.15) is 4.90 Å². The maximum Gasteiger partial charge on any atom is 0.243 e. The number of nitrogen functional groups attached to an aromatic ring is 1. The van der Waals surface area contributed by atoms with Crippen LogP contribution in [0.15, 0.2) is 35.4 Å². The summed E-state index contributed by atoms with van der Waals surface area (Å²) in [7, 11) is -4.08. The average molecular weight is 330 g/mol. The minimum Gasteiger partial charge on any atom is -0.399 e. The Kier molecular flexibility index (Phi) is 4.46. The van der Waals surface area contributed by atoms with Crippen LogP contribution < -0.4 is 10.5 Å². The number of nitrogens with one attached hydrogen (secondary N) is 1. The van der Waals surface area contributed by atoms with Crippen molar-refractivity contribution >= 4 is 27.3 Å². The van der Waals surface area contributed by atoms with Crippen molar-refractivity contribution in [2.24, 2.45) is 0 Å². The van der Waals surface area contributed by atoms with E-state index in [4.69, 9.17) is 17.3 Å². The van der Waals surface area contributed by atoms with Crippen LogP contribution in [0.25, 0.3) is 0 Å². The maximum atomic E-state index is 13.9. The van der Waals surface area contributed by atoms with Crippen molar-refractivity contribution in [3.63, 3.8) is 0 Å². The van der Waals surface area contributed by atoms with Crippen molar-refractivity contribution in [3.8, 4) is 0 Å². The molecular formula is C13H13ClFN3O2S. The molecule has 0 fully saturated rings. The van der Waals surface area contributed by atoms with E-state index < -0.39 is 20.7 Å². The molecule has 0 saturated carbocycles. The molecule has 0 spiro atoms. The van der Waals surface area contributed by atoms with E-state index in [1.807, 2.05) is 0 Å². The molecule has 1 heterocycles. The molecule has 21 heavy (non-hydrogen) atoms. The molecule has 0 bridgehead atoms. The predicted octanol–water partition coefficient (Wildman–Crippen LogP) is 2.24. The Balaban J connectivity index is 2.30. The lowest BCUT2D eigenvalue weighted by atomic mass is 10.2. The number of hydrogen-bond donors (Lipinski definition) is 2. The highest BCUT2D eigenvalue weighted by Crippen LogP contribution is 2.25. The van der Waals surface area contributed by atoms with Gasteiger partial charge < -0.3 is 5.73 Å². The molecule has 0 radical (unpaired) electrons. The molecule has 5 nitrogen and oxygen atoms in total. The van der Waals surface area contributed by atoms with Gasteiger partial charge >= 0.3 is 0 Å². The second-order valence-electron chi connectivity index (χ2n) is 4.41. The highest BCUT2D eigenvalue weighted by molar-refractivity contribution is 7.89. The number of benzene rings is 1. The van der Waals surface area contributed by atoms with Gasteiger partial charge in [-0.2, -0.15) is 0 Å². The summed E-state index contributed by atoms with van der Waals surface area (Å²) in [6.45, 7) is 1.75. The highest BCUT2D eigenvalue weighted by Gasteiger charge is 2.22. The van der Waals surface area contributed by atoms with Gasteiger partial charge in [0.15, 0.2) is 5.82 Å². The molecule has 0 saturated heterocycles. The lowest BCUT2D eigenvalue weighted by Crippen LogP contribution is -2.25.